The Labute approximate surface area is 171 Å². The number of carbonyl (C=O) groups is 2. The van der Waals surface area contributed by atoms with Crippen LogP contribution in [0.25, 0.3) is 0 Å². The Bertz CT molecular complexity index is 571. The highest BCUT2D eigenvalue weighted by Crippen LogP contribution is 2.19. The molecule has 0 atom stereocenters. The van der Waals surface area contributed by atoms with Gasteiger partial charge in [0.2, 0.25) is 0 Å². The summed E-state index contributed by atoms with van der Waals surface area (Å²) in [4.78, 5) is 22.4. The molecule has 152 valence electrons. The lowest BCUT2D eigenvalue weighted by Crippen LogP contribution is -2.07. The lowest BCUT2D eigenvalue weighted by molar-refractivity contribution is -0.143. The van der Waals surface area contributed by atoms with Crippen LogP contribution in [-0.4, -0.2) is 29.0 Å². The fourth-order valence-corrected chi connectivity index (χ4v) is 3.55. The second-order valence-electron chi connectivity index (χ2n) is 6.86. The van der Waals surface area contributed by atoms with Crippen LogP contribution in [0.4, 0.5) is 0 Å². The molecule has 0 saturated carbocycles. The molecule has 4 nitrogen and oxygen atoms in total. The molecule has 1 rings (SSSR count). The zero-order chi connectivity index (χ0) is 19.9. The smallest absolute Gasteiger partial charge is 0.306 e. The molecule has 1 aromatic carbocycles. The minimum atomic E-state index is -0.736. The molecule has 0 aromatic heterocycles. The van der Waals surface area contributed by atoms with E-state index in [2.05, 4.69) is 34.1 Å². The number of ether oxygens (including phenoxy) is 1. The topological polar surface area (TPSA) is 63.6 Å². The van der Waals surface area contributed by atoms with Gasteiger partial charge in [0.1, 0.15) is 0 Å². The lowest BCUT2D eigenvalue weighted by Gasteiger charge is -2.12. The van der Waals surface area contributed by atoms with Gasteiger partial charge >= 0.3 is 11.9 Å². The Morgan fingerprint density at radius 3 is 2.37 bits per heavy atom. The predicted molar refractivity (Wildman–Crippen MR) is 113 cm³/mol. The maximum atomic E-state index is 11.7. The molecule has 0 aliphatic carbocycles. The van der Waals surface area contributed by atoms with Crippen LogP contribution in [0.3, 0.4) is 0 Å². The number of carboxylic acids is 1. The molecule has 0 fully saturated rings. The molecular weight excluding hydrogens is 408 g/mol. The summed E-state index contributed by atoms with van der Waals surface area (Å²) in [6.07, 6.45) is 9.67. The zero-order valence-corrected chi connectivity index (χ0v) is 18.1. The number of benzene rings is 1. The van der Waals surface area contributed by atoms with Gasteiger partial charge in [0.05, 0.1) is 6.61 Å². The van der Waals surface area contributed by atoms with Crippen molar-refractivity contribution < 1.29 is 19.4 Å². The summed E-state index contributed by atoms with van der Waals surface area (Å²) in [5.41, 5.74) is 3.79. The van der Waals surface area contributed by atoms with Crippen molar-refractivity contribution in [2.24, 2.45) is 0 Å². The minimum Gasteiger partial charge on any atom is -0.481 e. The highest BCUT2D eigenvalue weighted by molar-refractivity contribution is 9.09. The Hall–Kier alpha value is -1.36. The SMILES string of the molecule is CCOC(=O)CCc1cc(CCCCC(=O)O)ccc1CCCCCCBr. The van der Waals surface area contributed by atoms with Crippen LogP contribution in [0.15, 0.2) is 18.2 Å². The molecule has 27 heavy (non-hydrogen) atoms. The fourth-order valence-electron chi connectivity index (χ4n) is 3.15. The molecule has 0 aliphatic heterocycles. The lowest BCUT2D eigenvalue weighted by atomic mass is 9.94. The van der Waals surface area contributed by atoms with Crippen molar-refractivity contribution in [1.82, 2.24) is 0 Å². The number of hydrogen-bond acceptors (Lipinski definition) is 3. The number of carboxylic acid groups (broad SMARTS) is 1. The van der Waals surface area contributed by atoms with E-state index in [4.69, 9.17) is 9.84 Å². The first kappa shape index (κ1) is 23.7. The number of unbranched alkanes of at least 4 members (excludes halogenated alkanes) is 4. The third kappa shape index (κ3) is 11.2. The summed E-state index contributed by atoms with van der Waals surface area (Å²) in [6.45, 7) is 2.25. The van der Waals surface area contributed by atoms with Crippen molar-refractivity contribution >= 4 is 27.9 Å². The van der Waals surface area contributed by atoms with Gasteiger partial charge in [-0.2, -0.15) is 0 Å². The van der Waals surface area contributed by atoms with Gasteiger partial charge in [-0.15, -0.1) is 0 Å². The first-order valence-corrected chi connectivity index (χ1v) is 11.2. The molecule has 0 aliphatic rings. The van der Waals surface area contributed by atoms with E-state index in [1.54, 1.807) is 0 Å². The van der Waals surface area contributed by atoms with Crippen LogP contribution < -0.4 is 0 Å². The summed E-state index contributed by atoms with van der Waals surface area (Å²) >= 11 is 3.47. The van der Waals surface area contributed by atoms with Gasteiger partial charge in [0.15, 0.2) is 0 Å². The van der Waals surface area contributed by atoms with Crippen molar-refractivity contribution in [3.8, 4) is 0 Å². The highest BCUT2D eigenvalue weighted by Gasteiger charge is 2.09. The van der Waals surface area contributed by atoms with Crippen LogP contribution in [-0.2, 0) is 33.6 Å². The zero-order valence-electron chi connectivity index (χ0n) is 16.5. The largest absolute Gasteiger partial charge is 0.481 e. The number of halogens is 1. The number of hydrogen-bond donors (Lipinski definition) is 1. The van der Waals surface area contributed by atoms with Crippen LogP contribution in [0.2, 0.25) is 0 Å². The summed E-state index contributed by atoms with van der Waals surface area (Å²) in [7, 11) is 0. The van der Waals surface area contributed by atoms with Crippen LogP contribution in [0.5, 0.6) is 0 Å². The Morgan fingerprint density at radius 2 is 1.67 bits per heavy atom. The van der Waals surface area contributed by atoms with Gasteiger partial charge in [0.25, 0.3) is 0 Å². The predicted octanol–water partition coefficient (Wildman–Crippen LogP) is 5.48. The first-order chi connectivity index (χ1) is 13.1. The molecule has 0 spiro atoms. The van der Waals surface area contributed by atoms with Gasteiger partial charge in [-0.3, -0.25) is 9.59 Å². The molecule has 1 N–H and O–H groups in total. The third-order valence-electron chi connectivity index (χ3n) is 4.61. The third-order valence-corrected chi connectivity index (χ3v) is 5.17. The van der Waals surface area contributed by atoms with Gasteiger partial charge in [-0.1, -0.05) is 47.0 Å². The van der Waals surface area contributed by atoms with Crippen LogP contribution >= 0.6 is 15.9 Å². The molecule has 0 bridgehead atoms. The van der Waals surface area contributed by atoms with Gasteiger partial charge < -0.3 is 9.84 Å². The van der Waals surface area contributed by atoms with Gasteiger partial charge in [-0.05, 0) is 68.6 Å². The molecular formula is C22H33BrO4. The molecule has 0 amide bonds. The van der Waals surface area contributed by atoms with Gasteiger partial charge in [0, 0.05) is 18.2 Å². The number of carbonyl (C=O) groups excluding carboxylic acids is 1. The molecule has 1 aromatic rings. The summed E-state index contributed by atoms with van der Waals surface area (Å²) in [6, 6.07) is 6.55. The average Bonchev–Trinajstić information content (AvgIpc) is 2.64. The second-order valence-corrected chi connectivity index (χ2v) is 7.66. The standard InChI is InChI=1S/C22H33BrO4/c1-2-27-22(26)15-14-20-17-18(9-6-7-11-21(24)25)12-13-19(20)10-5-3-4-8-16-23/h12-13,17H,2-11,14-16H2,1H3,(H,24,25). The van der Waals surface area contributed by atoms with Crippen molar-refractivity contribution in [2.75, 3.05) is 11.9 Å². The van der Waals surface area contributed by atoms with E-state index in [1.165, 1.54) is 36.0 Å². The first-order valence-electron chi connectivity index (χ1n) is 10.1. The van der Waals surface area contributed by atoms with E-state index in [-0.39, 0.29) is 12.4 Å². The van der Waals surface area contributed by atoms with E-state index in [1.807, 2.05) is 6.92 Å². The van der Waals surface area contributed by atoms with Crippen LogP contribution in [0.1, 0.15) is 75.0 Å². The normalized spacial score (nSPS) is 10.7. The number of alkyl halides is 1. The van der Waals surface area contributed by atoms with E-state index in [0.717, 1.165) is 31.0 Å². The van der Waals surface area contributed by atoms with Crippen molar-refractivity contribution in [3.05, 3.63) is 34.9 Å². The maximum absolute atomic E-state index is 11.7. The fraction of sp³-hybridized carbons (Fsp3) is 0.636. The van der Waals surface area contributed by atoms with E-state index in [9.17, 15) is 9.59 Å². The Kier molecular flexibility index (Phi) is 12.9. The summed E-state index contributed by atoms with van der Waals surface area (Å²) < 4.78 is 5.06. The summed E-state index contributed by atoms with van der Waals surface area (Å²) in [5.74, 6) is -0.881. The minimum absolute atomic E-state index is 0.146. The van der Waals surface area contributed by atoms with Crippen molar-refractivity contribution in [3.63, 3.8) is 0 Å². The quantitative estimate of drug-likeness (QED) is 0.223. The molecule has 0 saturated heterocycles. The maximum Gasteiger partial charge on any atom is 0.306 e. The monoisotopic (exact) mass is 440 g/mol. The van der Waals surface area contributed by atoms with E-state index < -0.39 is 5.97 Å². The average molecular weight is 441 g/mol. The molecule has 0 unspecified atom stereocenters. The van der Waals surface area contributed by atoms with E-state index >= 15 is 0 Å². The van der Waals surface area contributed by atoms with Crippen molar-refractivity contribution in [1.29, 1.82) is 0 Å². The number of aryl methyl sites for hydroxylation is 3. The molecule has 5 heteroatoms. The number of rotatable bonds is 15. The molecule has 0 heterocycles. The Balaban J connectivity index is 2.65. The molecule has 0 radical (unpaired) electrons. The summed E-state index contributed by atoms with van der Waals surface area (Å²) in [5, 5.41) is 9.81. The number of esters is 1. The van der Waals surface area contributed by atoms with E-state index in [0.29, 0.717) is 25.9 Å². The van der Waals surface area contributed by atoms with Crippen molar-refractivity contribution in [2.45, 2.75) is 77.6 Å². The number of aliphatic carboxylic acids is 1. The highest BCUT2D eigenvalue weighted by atomic mass is 79.9. The van der Waals surface area contributed by atoms with Crippen LogP contribution in [0, 0.1) is 0 Å². The Morgan fingerprint density at radius 1 is 0.926 bits per heavy atom. The van der Waals surface area contributed by atoms with Gasteiger partial charge in [-0.25, -0.2) is 0 Å². The second kappa shape index (κ2) is 14.7.